The predicted molar refractivity (Wildman–Crippen MR) is 93.0 cm³/mol. The highest BCUT2D eigenvalue weighted by molar-refractivity contribution is 5.93. The lowest BCUT2D eigenvalue weighted by Crippen LogP contribution is -2.34. The van der Waals surface area contributed by atoms with Gasteiger partial charge in [0.05, 0.1) is 6.04 Å². The van der Waals surface area contributed by atoms with Gasteiger partial charge >= 0.3 is 0 Å². The highest BCUT2D eigenvalue weighted by atomic mass is 35.5. The van der Waals surface area contributed by atoms with Crippen LogP contribution in [0.25, 0.3) is 11.4 Å². The number of tetrazole rings is 1. The minimum atomic E-state index is 0. The van der Waals surface area contributed by atoms with Crippen LogP contribution in [0.1, 0.15) is 31.7 Å². The van der Waals surface area contributed by atoms with Gasteiger partial charge in [-0.25, -0.2) is 4.68 Å². The minimum absolute atomic E-state index is 0. The van der Waals surface area contributed by atoms with Crippen molar-refractivity contribution in [1.82, 2.24) is 25.5 Å². The Morgan fingerprint density at radius 3 is 2.75 bits per heavy atom. The Kier molecular flexibility index (Phi) is 5.11. The molecule has 24 heavy (non-hydrogen) atoms. The summed E-state index contributed by atoms with van der Waals surface area (Å²) >= 11 is 0. The number of nitrogens with zero attached hydrogens (tertiary/aromatic N) is 4. The Labute approximate surface area is 146 Å². The highest BCUT2D eigenvalue weighted by Crippen LogP contribution is 2.36. The Balaban J connectivity index is 0.00000169. The lowest BCUT2D eigenvalue weighted by molar-refractivity contribution is -0.120. The van der Waals surface area contributed by atoms with Gasteiger partial charge < -0.3 is 10.6 Å². The van der Waals surface area contributed by atoms with Gasteiger partial charge in [0.25, 0.3) is 0 Å². The Bertz CT molecular complexity index is 708. The zero-order chi connectivity index (χ0) is 15.6. The molecule has 2 N–H and O–H groups in total. The van der Waals surface area contributed by atoms with Crippen LogP contribution in [0.3, 0.4) is 0 Å². The van der Waals surface area contributed by atoms with E-state index in [9.17, 15) is 4.79 Å². The van der Waals surface area contributed by atoms with Gasteiger partial charge in [-0.2, -0.15) is 0 Å². The van der Waals surface area contributed by atoms with Crippen molar-refractivity contribution in [2.24, 2.45) is 5.92 Å². The smallest absolute Gasteiger partial charge is 0.227 e. The lowest BCUT2D eigenvalue weighted by atomic mass is 9.97. The number of carbonyl (C=O) groups is 1. The molecule has 1 aromatic heterocycles. The third-order valence-electron chi connectivity index (χ3n) is 4.48. The van der Waals surface area contributed by atoms with E-state index in [1.165, 1.54) is 0 Å². The topological polar surface area (TPSA) is 84.7 Å². The molecule has 2 aliphatic rings. The van der Waals surface area contributed by atoms with Gasteiger partial charge in [0.2, 0.25) is 5.91 Å². The van der Waals surface area contributed by atoms with Crippen molar-refractivity contribution in [1.29, 1.82) is 0 Å². The lowest BCUT2D eigenvalue weighted by Gasteiger charge is -2.21. The second-order valence-corrected chi connectivity index (χ2v) is 6.27. The summed E-state index contributed by atoms with van der Waals surface area (Å²) in [5.74, 6) is 0.965. The van der Waals surface area contributed by atoms with E-state index in [0.29, 0.717) is 6.04 Å². The number of nitrogens with one attached hydrogen (secondary N) is 2. The van der Waals surface area contributed by atoms with Gasteiger partial charge in [-0.15, -0.1) is 17.5 Å². The van der Waals surface area contributed by atoms with Crippen molar-refractivity contribution >= 4 is 24.0 Å². The van der Waals surface area contributed by atoms with Crippen molar-refractivity contribution in [3.05, 3.63) is 24.3 Å². The van der Waals surface area contributed by atoms with Crippen molar-refractivity contribution in [2.75, 3.05) is 18.4 Å². The van der Waals surface area contributed by atoms with Crippen molar-refractivity contribution in [3.63, 3.8) is 0 Å². The average molecular weight is 349 g/mol. The van der Waals surface area contributed by atoms with Crippen LogP contribution in [0.15, 0.2) is 24.3 Å². The number of benzene rings is 1. The average Bonchev–Trinajstić information content (AvgIpc) is 3.32. The molecule has 2 fully saturated rings. The van der Waals surface area contributed by atoms with E-state index < -0.39 is 0 Å². The van der Waals surface area contributed by atoms with E-state index in [4.69, 9.17) is 0 Å². The highest BCUT2D eigenvalue weighted by Gasteiger charge is 2.28. The molecule has 2 heterocycles. The van der Waals surface area contributed by atoms with Crippen molar-refractivity contribution in [2.45, 2.75) is 31.7 Å². The fraction of sp³-hybridized carbons (Fsp3) is 0.500. The van der Waals surface area contributed by atoms with E-state index in [0.717, 1.165) is 55.8 Å². The van der Waals surface area contributed by atoms with Gasteiger partial charge in [0.1, 0.15) is 0 Å². The summed E-state index contributed by atoms with van der Waals surface area (Å²) in [4.78, 5) is 12.4. The number of amides is 1. The molecule has 0 atom stereocenters. The molecule has 1 amide bonds. The predicted octanol–water partition coefficient (Wildman–Crippen LogP) is 2.03. The van der Waals surface area contributed by atoms with E-state index in [1.54, 1.807) is 0 Å². The number of hydrogen-bond acceptors (Lipinski definition) is 5. The fourth-order valence-electron chi connectivity index (χ4n) is 3.01. The van der Waals surface area contributed by atoms with E-state index in [-0.39, 0.29) is 24.2 Å². The van der Waals surface area contributed by atoms with Gasteiger partial charge in [-0.1, -0.05) is 12.1 Å². The number of rotatable bonds is 4. The van der Waals surface area contributed by atoms with Crippen LogP contribution in [0.4, 0.5) is 5.69 Å². The van der Waals surface area contributed by atoms with Crippen LogP contribution >= 0.6 is 12.4 Å². The number of hydrogen-bond donors (Lipinski definition) is 2. The summed E-state index contributed by atoms with van der Waals surface area (Å²) in [6, 6.07) is 8.19. The zero-order valence-electron chi connectivity index (χ0n) is 13.3. The molecular weight excluding hydrogens is 328 g/mol. The largest absolute Gasteiger partial charge is 0.326 e. The molecule has 1 aromatic carbocycles. The van der Waals surface area contributed by atoms with Crippen LogP contribution in [0, 0.1) is 5.92 Å². The first-order valence-corrected chi connectivity index (χ1v) is 8.21. The normalized spacial score (nSPS) is 18.0. The molecular formula is C16H21ClN6O. The van der Waals surface area contributed by atoms with Crippen LogP contribution in [-0.2, 0) is 4.79 Å². The molecule has 0 radical (unpaired) electrons. The Morgan fingerprint density at radius 2 is 2.00 bits per heavy atom. The van der Waals surface area contributed by atoms with Crippen LogP contribution in [0.5, 0.6) is 0 Å². The molecule has 0 spiro atoms. The molecule has 1 saturated carbocycles. The van der Waals surface area contributed by atoms with Crippen LogP contribution < -0.4 is 10.6 Å². The van der Waals surface area contributed by atoms with Crippen molar-refractivity contribution in [3.8, 4) is 11.4 Å². The summed E-state index contributed by atoms with van der Waals surface area (Å²) in [7, 11) is 0. The van der Waals surface area contributed by atoms with Crippen molar-refractivity contribution < 1.29 is 4.79 Å². The number of piperidine rings is 1. The first-order valence-electron chi connectivity index (χ1n) is 8.21. The number of anilines is 1. The SMILES string of the molecule is Cl.O=C(Nc1cccc(-c2nnnn2C2CC2)c1)C1CCNCC1. The third-order valence-corrected chi connectivity index (χ3v) is 4.48. The number of aromatic nitrogens is 4. The summed E-state index contributed by atoms with van der Waals surface area (Å²) in [6.45, 7) is 1.82. The quantitative estimate of drug-likeness (QED) is 0.883. The fourth-order valence-corrected chi connectivity index (χ4v) is 3.01. The number of carbonyl (C=O) groups excluding carboxylic acids is 1. The van der Waals surface area contributed by atoms with Gasteiger partial charge in [0, 0.05) is 17.2 Å². The molecule has 0 bridgehead atoms. The van der Waals surface area contributed by atoms with Gasteiger partial charge in [-0.3, -0.25) is 4.79 Å². The minimum Gasteiger partial charge on any atom is -0.326 e. The maximum absolute atomic E-state index is 12.4. The summed E-state index contributed by atoms with van der Waals surface area (Å²) in [5, 5.41) is 18.3. The molecule has 128 valence electrons. The van der Waals surface area contributed by atoms with E-state index in [2.05, 4.69) is 26.2 Å². The molecule has 7 nitrogen and oxygen atoms in total. The zero-order valence-corrected chi connectivity index (χ0v) is 14.1. The molecule has 1 aliphatic heterocycles. The Hall–Kier alpha value is -1.99. The summed E-state index contributed by atoms with van der Waals surface area (Å²) in [5.41, 5.74) is 1.74. The molecule has 2 aromatic rings. The summed E-state index contributed by atoms with van der Waals surface area (Å²) < 4.78 is 1.88. The molecule has 8 heteroatoms. The number of halogens is 1. The second-order valence-electron chi connectivity index (χ2n) is 6.27. The van der Waals surface area contributed by atoms with Gasteiger partial charge in [0.15, 0.2) is 5.82 Å². The first-order chi connectivity index (χ1) is 11.3. The van der Waals surface area contributed by atoms with E-state index in [1.807, 2.05) is 28.9 Å². The third kappa shape index (κ3) is 3.57. The monoisotopic (exact) mass is 348 g/mol. The van der Waals surface area contributed by atoms with E-state index >= 15 is 0 Å². The maximum Gasteiger partial charge on any atom is 0.227 e. The second kappa shape index (κ2) is 7.27. The maximum atomic E-state index is 12.4. The molecule has 1 aliphatic carbocycles. The first kappa shape index (κ1) is 16.9. The molecule has 4 rings (SSSR count). The molecule has 0 unspecified atom stereocenters. The summed E-state index contributed by atoms with van der Waals surface area (Å²) in [6.07, 6.45) is 4.05. The van der Waals surface area contributed by atoms with Crippen LogP contribution in [-0.4, -0.2) is 39.2 Å². The van der Waals surface area contributed by atoms with Crippen LogP contribution in [0.2, 0.25) is 0 Å². The molecule has 1 saturated heterocycles. The van der Waals surface area contributed by atoms with Gasteiger partial charge in [-0.05, 0) is 61.3 Å². The Morgan fingerprint density at radius 1 is 1.21 bits per heavy atom. The standard InChI is InChI=1S/C16H20N6O.ClH/c23-16(11-6-8-17-9-7-11)18-13-3-1-2-12(10-13)15-19-20-21-22(15)14-4-5-14;/h1-3,10-11,14,17H,4-9H2,(H,18,23);1H.